The van der Waals surface area contributed by atoms with E-state index in [1.807, 2.05) is 12.1 Å². The van der Waals surface area contributed by atoms with Crippen molar-refractivity contribution in [1.82, 2.24) is 15.5 Å². The number of carbonyl (C=O) groups excluding carboxylic acids is 4. The fourth-order valence-corrected chi connectivity index (χ4v) is 4.02. The van der Waals surface area contributed by atoms with E-state index in [-0.39, 0.29) is 35.9 Å². The lowest BCUT2D eigenvalue weighted by molar-refractivity contribution is -0.124. The summed E-state index contributed by atoms with van der Waals surface area (Å²) in [5.41, 5.74) is 2.13. The zero-order valence-corrected chi connectivity index (χ0v) is 20.0. The number of hydrogen-bond acceptors (Lipinski definition) is 5. The van der Waals surface area contributed by atoms with Crippen LogP contribution in [0.25, 0.3) is 6.08 Å². The molecule has 1 heterocycles. The maximum Gasteiger partial charge on any atom is 0.293 e. The van der Waals surface area contributed by atoms with Gasteiger partial charge in [-0.3, -0.25) is 24.1 Å². The summed E-state index contributed by atoms with van der Waals surface area (Å²) in [6.07, 6.45) is 1.52. The molecule has 0 spiro atoms. The number of carbonyl (C=O) groups is 4. The third kappa shape index (κ3) is 6.54. The molecule has 178 valence electrons. The standard InChI is InChI=1S/C25H26FN3O4S/c1-25(2,3)18-8-6-17(7-9-18)22(31)28-15-21(30)27-12-13-29-23(32)20(34-24(29)33)14-16-4-10-19(26)11-5-16/h4-11,14H,12-13,15H2,1-3H3,(H,27,30)(H,28,31). The molecule has 1 aliphatic rings. The molecule has 1 fully saturated rings. The number of imide groups is 1. The van der Waals surface area contributed by atoms with E-state index in [0.717, 1.165) is 22.2 Å². The number of nitrogens with zero attached hydrogens (tertiary/aromatic N) is 1. The molecule has 0 atom stereocenters. The number of thioether (sulfide) groups is 1. The van der Waals surface area contributed by atoms with Gasteiger partial charge >= 0.3 is 0 Å². The molecule has 0 unspecified atom stereocenters. The van der Waals surface area contributed by atoms with E-state index >= 15 is 0 Å². The predicted molar refractivity (Wildman–Crippen MR) is 130 cm³/mol. The molecular weight excluding hydrogens is 457 g/mol. The molecular formula is C25H26FN3O4S. The van der Waals surface area contributed by atoms with E-state index in [0.29, 0.717) is 11.1 Å². The monoisotopic (exact) mass is 483 g/mol. The van der Waals surface area contributed by atoms with Crippen molar-refractivity contribution in [3.8, 4) is 0 Å². The van der Waals surface area contributed by atoms with Gasteiger partial charge in [-0.25, -0.2) is 4.39 Å². The second-order valence-electron chi connectivity index (χ2n) is 8.74. The van der Waals surface area contributed by atoms with E-state index in [2.05, 4.69) is 31.4 Å². The van der Waals surface area contributed by atoms with Gasteiger partial charge < -0.3 is 10.6 Å². The summed E-state index contributed by atoms with van der Waals surface area (Å²) >= 11 is 0.789. The highest BCUT2D eigenvalue weighted by Crippen LogP contribution is 2.31. The number of amides is 4. The Kier molecular flexibility index (Phi) is 7.88. The quantitative estimate of drug-likeness (QED) is 0.586. The van der Waals surface area contributed by atoms with Gasteiger partial charge in [-0.1, -0.05) is 45.0 Å². The minimum atomic E-state index is -0.472. The van der Waals surface area contributed by atoms with Gasteiger partial charge in [0.05, 0.1) is 11.4 Å². The Morgan fingerprint density at radius 1 is 1.00 bits per heavy atom. The Bertz CT molecular complexity index is 1120. The van der Waals surface area contributed by atoms with Crippen molar-refractivity contribution in [2.45, 2.75) is 26.2 Å². The SMILES string of the molecule is CC(C)(C)c1ccc(C(=O)NCC(=O)NCCN2C(=O)SC(=Cc3ccc(F)cc3)C2=O)cc1. The van der Waals surface area contributed by atoms with Gasteiger partial charge in [-0.15, -0.1) is 0 Å². The van der Waals surface area contributed by atoms with Crippen LogP contribution >= 0.6 is 11.8 Å². The third-order valence-corrected chi connectivity index (χ3v) is 6.03. The maximum atomic E-state index is 13.0. The van der Waals surface area contributed by atoms with Gasteiger partial charge in [0.1, 0.15) is 5.82 Å². The smallest absolute Gasteiger partial charge is 0.293 e. The predicted octanol–water partition coefficient (Wildman–Crippen LogP) is 3.71. The summed E-state index contributed by atoms with van der Waals surface area (Å²) in [6.45, 7) is 6.06. The first-order valence-corrected chi connectivity index (χ1v) is 11.5. The normalized spacial score (nSPS) is 15.1. The average molecular weight is 484 g/mol. The van der Waals surface area contributed by atoms with Gasteiger partial charge in [-0.05, 0) is 58.6 Å². The van der Waals surface area contributed by atoms with Crippen LogP contribution in [0.4, 0.5) is 9.18 Å². The second kappa shape index (κ2) is 10.6. The van der Waals surface area contributed by atoms with Crippen molar-refractivity contribution in [2.24, 2.45) is 0 Å². The molecule has 0 aromatic heterocycles. The summed E-state index contributed by atoms with van der Waals surface area (Å²) < 4.78 is 13.0. The molecule has 1 saturated heterocycles. The summed E-state index contributed by atoms with van der Waals surface area (Å²) in [5, 5.41) is 4.70. The number of hydrogen-bond donors (Lipinski definition) is 2. The second-order valence-corrected chi connectivity index (χ2v) is 9.74. The molecule has 2 N–H and O–H groups in total. The molecule has 0 saturated carbocycles. The fourth-order valence-electron chi connectivity index (χ4n) is 3.16. The number of halogens is 1. The van der Waals surface area contributed by atoms with Crippen LogP contribution in [-0.2, 0) is 15.0 Å². The molecule has 1 aliphatic heterocycles. The topological polar surface area (TPSA) is 95.6 Å². The van der Waals surface area contributed by atoms with Gasteiger partial charge in [0, 0.05) is 18.7 Å². The molecule has 2 aromatic rings. The van der Waals surface area contributed by atoms with Crippen molar-refractivity contribution >= 4 is 40.8 Å². The zero-order valence-electron chi connectivity index (χ0n) is 19.2. The molecule has 7 nitrogen and oxygen atoms in total. The summed E-state index contributed by atoms with van der Waals surface area (Å²) in [6, 6.07) is 12.8. The molecule has 0 aliphatic carbocycles. The maximum absolute atomic E-state index is 13.0. The van der Waals surface area contributed by atoms with E-state index in [1.165, 1.54) is 30.3 Å². The van der Waals surface area contributed by atoms with E-state index in [4.69, 9.17) is 0 Å². The van der Waals surface area contributed by atoms with Gasteiger partial charge in [-0.2, -0.15) is 0 Å². The lowest BCUT2D eigenvalue weighted by atomic mass is 9.87. The van der Waals surface area contributed by atoms with Crippen molar-refractivity contribution in [3.63, 3.8) is 0 Å². The molecule has 2 aromatic carbocycles. The Balaban J connectivity index is 1.44. The average Bonchev–Trinajstić information content (AvgIpc) is 3.05. The number of nitrogens with one attached hydrogen (secondary N) is 2. The van der Waals surface area contributed by atoms with Gasteiger partial charge in [0.25, 0.3) is 17.1 Å². The van der Waals surface area contributed by atoms with Gasteiger partial charge in [0.15, 0.2) is 0 Å². The highest BCUT2D eigenvalue weighted by molar-refractivity contribution is 8.18. The summed E-state index contributed by atoms with van der Waals surface area (Å²) in [5.74, 6) is -1.67. The molecule has 3 rings (SSSR count). The first-order valence-electron chi connectivity index (χ1n) is 10.7. The Labute approximate surface area is 201 Å². The van der Waals surface area contributed by atoms with Crippen LogP contribution in [-0.4, -0.2) is 47.5 Å². The minimum Gasteiger partial charge on any atom is -0.353 e. The highest BCUT2D eigenvalue weighted by Gasteiger charge is 2.34. The van der Waals surface area contributed by atoms with Crippen LogP contribution in [0.15, 0.2) is 53.4 Å². The lowest BCUT2D eigenvalue weighted by Crippen LogP contribution is -2.41. The summed E-state index contributed by atoms with van der Waals surface area (Å²) in [7, 11) is 0. The van der Waals surface area contributed by atoms with E-state index < -0.39 is 22.9 Å². The van der Waals surface area contributed by atoms with Crippen LogP contribution in [0.3, 0.4) is 0 Å². The highest BCUT2D eigenvalue weighted by atomic mass is 32.2. The Morgan fingerprint density at radius 2 is 1.65 bits per heavy atom. The van der Waals surface area contributed by atoms with Crippen molar-refractivity contribution < 1.29 is 23.6 Å². The lowest BCUT2D eigenvalue weighted by Gasteiger charge is -2.19. The molecule has 4 amide bonds. The van der Waals surface area contributed by atoms with E-state index in [9.17, 15) is 23.6 Å². The largest absolute Gasteiger partial charge is 0.353 e. The first-order chi connectivity index (χ1) is 16.0. The van der Waals surface area contributed by atoms with Crippen LogP contribution in [0.2, 0.25) is 0 Å². The van der Waals surface area contributed by atoms with Crippen molar-refractivity contribution in [2.75, 3.05) is 19.6 Å². The molecule has 0 bridgehead atoms. The third-order valence-electron chi connectivity index (χ3n) is 5.12. The van der Waals surface area contributed by atoms with Crippen molar-refractivity contribution in [3.05, 3.63) is 75.9 Å². The first kappa shape index (κ1) is 25.2. The van der Waals surface area contributed by atoms with Crippen LogP contribution in [0.5, 0.6) is 0 Å². The zero-order chi connectivity index (χ0) is 24.9. The fraction of sp³-hybridized carbons (Fsp3) is 0.280. The minimum absolute atomic E-state index is 0.000619. The van der Waals surface area contributed by atoms with E-state index in [1.54, 1.807) is 12.1 Å². The van der Waals surface area contributed by atoms with Crippen LogP contribution in [0.1, 0.15) is 42.3 Å². The summed E-state index contributed by atoms with van der Waals surface area (Å²) in [4.78, 5) is 50.3. The number of rotatable bonds is 7. The Morgan fingerprint density at radius 3 is 2.26 bits per heavy atom. The molecule has 34 heavy (non-hydrogen) atoms. The number of benzene rings is 2. The van der Waals surface area contributed by atoms with Crippen LogP contribution < -0.4 is 10.6 Å². The van der Waals surface area contributed by atoms with Crippen molar-refractivity contribution in [1.29, 1.82) is 0 Å². The Hall–Kier alpha value is -3.46. The van der Waals surface area contributed by atoms with Crippen LogP contribution in [0, 0.1) is 5.82 Å². The van der Waals surface area contributed by atoms with Gasteiger partial charge in [0.2, 0.25) is 5.91 Å². The molecule has 0 radical (unpaired) electrons. The molecule has 9 heteroatoms.